The molecule has 2 heteroatoms. The van der Waals surface area contributed by atoms with E-state index in [-0.39, 0.29) is 11.2 Å². The average molecular weight is 211 g/mol. The van der Waals surface area contributed by atoms with E-state index < -0.39 is 0 Å². The molecule has 1 saturated carbocycles. The van der Waals surface area contributed by atoms with Gasteiger partial charge in [0.1, 0.15) is 0 Å². The van der Waals surface area contributed by atoms with Crippen LogP contribution in [0.5, 0.6) is 0 Å². The molecule has 0 radical (unpaired) electrons. The lowest BCUT2D eigenvalue weighted by Gasteiger charge is -2.50. The molecule has 2 aliphatic rings. The molecule has 0 bridgehead atoms. The highest BCUT2D eigenvalue weighted by molar-refractivity contribution is 4.97. The Kier molecular flexibility index (Phi) is 2.63. The summed E-state index contributed by atoms with van der Waals surface area (Å²) in [7, 11) is 0. The maximum Gasteiger partial charge on any atom is 0.0814 e. The summed E-state index contributed by atoms with van der Waals surface area (Å²) >= 11 is 0. The van der Waals surface area contributed by atoms with Crippen molar-refractivity contribution >= 4 is 0 Å². The lowest BCUT2D eigenvalue weighted by atomic mass is 9.70. The van der Waals surface area contributed by atoms with Gasteiger partial charge in [-0.15, -0.1) is 0 Å². The van der Waals surface area contributed by atoms with Gasteiger partial charge in [-0.25, -0.2) is 0 Å². The second kappa shape index (κ2) is 3.46. The van der Waals surface area contributed by atoms with Crippen LogP contribution in [-0.2, 0) is 4.74 Å². The van der Waals surface area contributed by atoms with Crippen LogP contribution < -0.4 is 5.32 Å². The molecule has 1 saturated heterocycles. The fourth-order valence-corrected chi connectivity index (χ4v) is 2.91. The van der Waals surface area contributed by atoms with Crippen LogP contribution in [0.1, 0.15) is 53.4 Å². The third-order valence-corrected chi connectivity index (χ3v) is 4.01. The molecule has 0 aromatic heterocycles. The Balaban J connectivity index is 2.03. The highest BCUT2D eigenvalue weighted by atomic mass is 16.5. The van der Waals surface area contributed by atoms with Crippen LogP contribution in [0, 0.1) is 5.41 Å². The number of ether oxygens (including phenoxy) is 1. The summed E-state index contributed by atoms with van der Waals surface area (Å²) in [6, 6.07) is 0. The Hall–Kier alpha value is -0.0800. The van der Waals surface area contributed by atoms with E-state index in [1.54, 1.807) is 0 Å². The zero-order valence-electron chi connectivity index (χ0n) is 10.7. The van der Waals surface area contributed by atoms with Crippen LogP contribution in [0.15, 0.2) is 0 Å². The first-order valence-electron chi connectivity index (χ1n) is 6.24. The van der Waals surface area contributed by atoms with Gasteiger partial charge in [0.15, 0.2) is 0 Å². The Morgan fingerprint density at radius 2 is 1.47 bits per heavy atom. The molecule has 2 rings (SSSR count). The third-order valence-electron chi connectivity index (χ3n) is 4.01. The van der Waals surface area contributed by atoms with Crippen molar-refractivity contribution in [3.8, 4) is 0 Å². The normalized spacial score (nSPS) is 32.8. The van der Waals surface area contributed by atoms with Crippen molar-refractivity contribution in [3.05, 3.63) is 0 Å². The number of hydrogen-bond acceptors (Lipinski definition) is 2. The smallest absolute Gasteiger partial charge is 0.0814 e. The van der Waals surface area contributed by atoms with Crippen LogP contribution >= 0.6 is 0 Å². The summed E-state index contributed by atoms with van der Waals surface area (Å²) in [5, 5.41) is 3.54. The van der Waals surface area contributed by atoms with E-state index in [1.165, 1.54) is 25.7 Å². The van der Waals surface area contributed by atoms with E-state index in [0.717, 1.165) is 13.1 Å². The number of rotatable bonds is 0. The minimum absolute atomic E-state index is 0.0136. The molecule has 1 N–H and O–H groups in total. The van der Waals surface area contributed by atoms with Gasteiger partial charge in [-0.05, 0) is 44.9 Å². The first kappa shape index (κ1) is 11.4. The molecule has 1 aliphatic carbocycles. The minimum Gasteiger partial charge on any atom is -0.366 e. The van der Waals surface area contributed by atoms with Crippen LogP contribution in [0.3, 0.4) is 0 Å². The summed E-state index contributed by atoms with van der Waals surface area (Å²) < 4.78 is 6.33. The number of morpholine rings is 1. The number of hydrogen-bond donors (Lipinski definition) is 1. The summed E-state index contributed by atoms with van der Waals surface area (Å²) in [4.78, 5) is 0. The van der Waals surface area contributed by atoms with Gasteiger partial charge < -0.3 is 10.1 Å². The topological polar surface area (TPSA) is 21.3 Å². The van der Waals surface area contributed by atoms with Crippen LogP contribution in [0.4, 0.5) is 0 Å². The fourth-order valence-electron chi connectivity index (χ4n) is 2.91. The van der Waals surface area contributed by atoms with Crippen LogP contribution in [0.25, 0.3) is 0 Å². The first-order chi connectivity index (χ1) is 6.83. The molecule has 0 atom stereocenters. The summed E-state index contributed by atoms with van der Waals surface area (Å²) in [5.74, 6) is 0. The first-order valence-corrected chi connectivity index (χ1v) is 6.24. The molecule has 0 aromatic rings. The molecule has 2 fully saturated rings. The van der Waals surface area contributed by atoms with Gasteiger partial charge in [0.25, 0.3) is 0 Å². The molecule has 2 nitrogen and oxygen atoms in total. The van der Waals surface area contributed by atoms with Gasteiger partial charge in [-0.3, -0.25) is 0 Å². The fraction of sp³-hybridized carbons (Fsp3) is 1.00. The summed E-state index contributed by atoms with van der Waals surface area (Å²) in [5.41, 5.74) is 0.674. The molecule has 88 valence electrons. The molecule has 0 unspecified atom stereocenters. The van der Waals surface area contributed by atoms with E-state index in [2.05, 4.69) is 33.0 Å². The SMILES string of the molecule is CC1(C)CCC2(CC1)CNCC(C)(C)O2. The zero-order chi connectivity index (χ0) is 11.2. The predicted octanol–water partition coefficient (Wildman–Crippen LogP) is 2.72. The predicted molar refractivity (Wildman–Crippen MR) is 63.0 cm³/mol. The second-order valence-electron chi connectivity index (χ2n) is 6.81. The van der Waals surface area contributed by atoms with Crippen molar-refractivity contribution in [2.75, 3.05) is 13.1 Å². The van der Waals surface area contributed by atoms with Gasteiger partial charge >= 0.3 is 0 Å². The molecule has 1 heterocycles. The van der Waals surface area contributed by atoms with Gasteiger partial charge in [0, 0.05) is 13.1 Å². The largest absolute Gasteiger partial charge is 0.366 e. The van der Waals surface area contributed by atoms with E-state index in [9.17, 15) is 0 Å². The highest BCUT2D eigenvalue weighted by Crippen LogP contribution is 2.44. The van der Waals surface area contributed by atoms with Crippen molar-refractivity contribution in [2.45, 2.75) is 64.6 Å². The lowest BCUT2D eigenvalue weighted by molar-refractivity contribution is -0.183. The Morgan fingerprint density at radius 1 is 0.867 bits per heavy atom. The molecule has 15 heavy (non-hydrogen) atoms. The Morgan fingerprint density at radius 3 is 2.00 bits per heavy atom. The molecular formula is C13H25NO. The van der Waals surface area contributed by atoms with Crippen molar-refractivity contribution in [3.63, 3.8) is 0 Å². The lowest BCUT2D eigenvalue weighted by Crippen LogP contribution is -2.59. The summed E-state index contributed by atoms with van der Waals surface area (Å²) in [6.45, 7) is 11.2. The molecule has 1 spiro atoms. The van der Waals surface area contributed by atoms with Crippen LogP contribution in [-0.4, -0.2) is 24.3 Å². The zero-order valence-corrected chi connectivity index (χ0v) is 10.7. The Bertz CT molecular complexity index is 235. The van der Waals surface area contributed by atoms with Gasteiger partial charge in [-0.1, -0.05) is 13.8 Å². The molecule has 0 amide bonds. The van der Waals surface area contributed by atoms with E-state index >= 15 is 0 Å². The third kappa shape index (κ3) is 2.54. The maximum atomic E-state index is 6.33. The minimum atomic E-state index is 0.0136. The van der Waals surface area contributed by atoms with E-state index in [1.807, 2.05) is 0 Å². The van der Waals surface area contributed by atoms with Gasteiger partial charge in [0.05, 0.1) is 11.2 Å². The van der Waals surface area contributed by atoms with E-state index in [4.69, 9.17) is 4.74 Å². The van der Waals surface area contributed by atoms with Crippen molar-refractivity contribution < 1.29 is 4.74 Å². The quantitative estimate of drug-likeness (QED) is 0.665. The van der Waals surface area contributed by atoms with Gasteiger partial charge in [-0.2, -0.15) is 0 Å². The molecule has 0 aromatic carbocycles. The standard InChI is InChI=1S/C13H25NO/c1-11(2)5-7-13(8-6-11)10-14-9-12(3,4)15-13/h14H,5-10H2,1-4H3. The highest BCUT2D eigenvalue weighted by Gasteiger charge is 2.44. The van der Waals surface area contributed by atoms with Crippen LogP contribution in [0.2, 0.25) is 0 Å². The van der Waals surface area contributed by atoms with E-state index in [0.29, 0.717) is 5.41 Å². The van der Waals surface area contributed by atoms with Crippen molar-refractivity contribution in [1.29, 1.82) is 0 Å². The maximum absolute atomic E-state index is 6.33. The van der Waals surface area contributed by atoms with Crippen molar-refractivity contribution in [1.82, 2.24) is 5.32 Å². The summed E-state index contributed by atoms with van der Waals surface area (Å²) in [6.07, 6.45) is 5.03. The second-order valence-corrected chi connectivity index (χ2v) is 6.81. The van der Waals surface area contributed by atoms with Crippen molar-refractivity contribution in [2.24, 2.45) is 5.41 Å². The molecule has 1 aliphatic heterocycles. The molecular weight excluding hydrogens is 186 g/mol. The van der Waals surface area contributed by atoms with Gasteiger partial charge in [0.2, 0.25) is 0 Å². The monoisotopic (exact) mass is 211 g/mol. The Labute approximate surface area is 93.8 Å². The number of nitrogens with one attached hydrogen (secondary N) is 1. The average Bonchev–Trinajstić information content (AvgIpc) is 2.10.